The molecule has 0 saturated heterocycles. The molecule has 0 spiro atoms. The molecule has 0 N–H and O–H groups in total. The summed E-state index contributed by atoms with van der Waals surface area (Å²) in [5, 5.41) is 0. The third-order valence-electron chi connectivity index (χ3n) is 8.61. The summed E-state index contributed by atoms with van der Waals surface area (Å²) in [6, 6.07) is 0. The molecule has 5 heteroatoms. The quantitative estimate of drug-likeness (QED) is 0.0237. The highest BCUT2D eigenvalue weighted by molar-refractivity contribution is 6.09. The van der Waals surface area contributed by atoms with E-state index in [0.717, 1.165) is 19.3 Å². The molecule has 0 fully saturated rings. The second-order valence-corrected chi connectivity index (χ2v) is 13.0. The Labute approximate surface area is 275 Å². The highest BCUT2D eigenvalue weighted by Crippen LogP contribution is 2.15. The second-order valence-electron chi connectivity index (χ2n) is 13.0. The molecule has 0 amide bonds. The third kappa shape index (κ3) is 33.4. The molecular formula is C39H73BO4. The molecule has 0 heterocycles. The normalized spacial score (nSPS) is 12.3. The first-order chi connectivity index (χ1) is 21.6. The van der Waals surface area contributed by atoms with Gasteiger partial charge < -0.3 is 9.47 Å². The van der Waals surface area contributed by atoms with E-state index in [4.69, 9.17) is 9.47 Å². The molecule has 0 bridgehead atoms. The van der Waals surface area contributed by atoms with Gasteiger partial charge in [-0.2, -0.15) is 0 Å². The monoisotopic (exact) mass is 617 g/mol. The van der Waals surface area contributed by atoms with Gasteiger partial charge in [-0.3, -0.25) is 4.79 Å². The fourth-order valence-corrected chi connectivity index (χ4v) is 5.57. The highest BCUT2D eigenvalue weighted by atomic mass is 16.6. The molecule has 0 aliphatic carbocycles. The average molecular weight is 617 g/mol. The highest BCUT2D eigenvalue weighted by Gasteiger charge is 2.13. The summed E-state index contributed by atoms with van der Waals surface area (Å²) in [5.41, 5.74) is 0. The number of carbonyl (C=O) groups is 2. The molecule has 0 aromatic carbocycles. The van der Waals surface area contributed by atoms with Crippen LogP contribution < -0.4 is 0 Å². The Morgan fingerprint density at radius 3 is 1.41 bits per heavy atom. The molecule has 0 aliphatic heterocycles. The summed E-state index contributed by atoms with van der Waals surface area (Å²) in [5.74, 6) is -0.565. The molecule has 0 aromatic rings. The maximum Gasteiger partial charge on any atom is 0.331 e. The third-order valence-corrected chi connectivity index (χ3v) is 8.61. The van der Waals surface area contributed by atoms with Crippen LogP contribution in [0.4, 0.5) is 0 Å². The Bertz CT molecular complexity index is 675. The molecule has 256 valence electrons. The molecule has 0 radical (unpaired) electrons. The van der Waals surface area contributed by atoms with Gasteiger partial charge in [-0.05, 0) is 25.6 Å². The van der Waals surface area contributed by atoms with Gasteiger partial charge in [-0.15, -0.1) is 0 Å². The van der Waals surface area contributed by atoms with E-state index in [1.807, 2.05) is 13.9 Å². The molecule has 0 aromatic heterocycles. The largest absolute Gasteiger partial charge is 0.462 e. The van der Waals surface area contributed by atoms with E-state index < -0.39 is 6.10 Å². The number of hydrogen-bond acceptors (Lipinski definition) is 4. The minimum atomic E-state index is -0.391. The fraction of sp³-hybridized carbons (Fsp3) is 0.846. The molecule has 0 unspecified atom stereocenters. The van der Waals surface area contributed by atoms with Crippen molar-refractivity contribution in [1.82, 2.24) is 0 Å². The first-order valence-electron chi connectivity index (χ1n) is 19.3. The zero-order chi connectivity index (χ0) is 32.2. The van der Waals surface area contributed by atoms with Crippen LogP contribution >= 0.6 is 0 Å². The van der Waals surface area contributed by atoms with E-state index in [9.17, 15) is 9.59 Å². The van der Waals surface area contributed by atoms with Gasteiger partial charge in [0.25, 0.3) is 0 Å². The Balaban J connectivity index is 3.63. The maximum atomic E-state index is 12.1. The van der Waals surface area contributed by atoms with Crippen molar-refractivity contribution in [3.8, 4) is 0 Å². The Morgan fingerprint density at radius 1 is 0.568 bits per heavy atom. The Morgan fingerprint density at radius 2 is 0.977 bits per heavy atom. The van der Waals surface area contributed by atoms with Gasteiger partial charge >= 0.3 is 11.9 Å². The van der Waals surface area contributed by atoms with Crippen molar-refractivity contribution >= 4 is 19.8 Å². The van der Waals surface area contributed by atoms with Crippen molar-refractivity contribution in [3.05, 3.63) is 24.3 Å². The number of rotatable bonds is 34. The number of allylic oxidation sites excluding steroid dienone is 3. The van der Waals surface area contributed by atoms with Crippen molar-refractivity contribution in [2.24, 2.45) is 0 Å². The number of carbonyl (C=O) groups excluding carboxylic acids is 2. The number of hydrogen-bond donors (Lipinski definition) is 0. The topological polar surface area (TPSA) is 52.6 Å². The zero-order valence-corrected chi connectivity index (χ0v) is 29.7. The molecule has 0 saturated carbocycles. The number of ether oxygens (including phenoxy) is 2. The van der Waals surface area contributed by atoms with Crippen LogP contribution in [0.3, 0.4) is 0 Å². The molecule has 1 atom stereocenters. The minimum absolute atomic E-state index is 0.141. The Kier molecular flexibility index (Phi) is 34.7. The Hall–Kier alpha value is -1.52. The lowest BCUT2D eigenvalue weighted by molar-refractivity contribution is -0.154. The van der Waals surface area contributed by atoms with Crippen LogP contribution in [0.2, 0.25) is 6.32 Å². The van der Waals surface area contributed by atoms with Crippen molar-refractivity contribution in [2.45, 2.75) is 206 Å². The van der Waals surface area contributed by atoms with Gasteiger partial charge in [0.15, 0.2) is 0 Å². The van der Waals surface area contributed by atoms with E-state index in [-0.39, 0.29) is 18.5 Å². The van der Waals surface area contributed by atoms with Crippen LogP contribution in [-0.2, 0) is 19.1 Å². The number of esters is 2. The van der Waals surface area contributed by atoms with E-state index in [2.05, 4.69) is 19.9 Å². The van der Waals surface area contributed by atoms with Crippen molar-refractivity contribution in [1.29, 1.82) is 0 Å². The summed E-state index contributed by atoms with van der Waals surface area (Å²) in [6.07, 6.45) is 43.5. The first-order valence-corrected chi connectivity index (χ1v) is 19.3. The van der Waals surface area contributed by atoms with Crippen molar-refractivity contribution < 1.29 is 19.1 Å². The SMILES string of the molecule is BC[C@@H](COC(=O)CCCCCCCCCCCCCCCCC)OC(=O)/C=C/C=C/CCCCCCCCCCCCC. The van der Waals surface area contributed by atoms with Crippen molar-refractivity contribution in [3.63, 3.8) is 0 Å². The predicted molar refractivity (Wildman–Crippen MR) is 193 cm³/mol. The first kappa shape index (κ1) is 42.5. The lowest BCUT2D eigenvalue weighted by Crippen LogP contribution is -2.24. The molecule has 44 heavy (non-hydrogen) atoms. The standard InChI is InChI=1S/C39H73BO4/c1-3-5-7-9-11-13-15-17-19-21-23-25-27-29-31-33-38(41)43-36-37(35-40)44-39(42)34-32-30-28-26-24-22-20-18-16-14-12-10-8-6-4-2/h28,30,32,34,37H,3-27,29,31,33,35-36,40H2,1-2H3/b30-28+,34-32+/t37-/m0/s1. The minimum Gasteiger partial charge on any atom is -0.462 e. The fourth-order valence-electron chi connectivity index (χ4n) is 5.57. The van der Waals surface area contributed by atoms with E-state index in [1.165, 1.54) is 160 Å². The van der Waals surface area contributed by atoms with Crippen LogP contribution in [-0.4, -0.2) is 32.5 Å². The number of unbranched alkanes of at least 4 members (excludes halogenated alkanes) is 25. The van der Waals surface area contributed by atoms with Gasteiger partial charge in [-0.1, -0.05) is 186 Å². The summed E-state index contributed by atoms with van der Waals surface area (Å²) in [6.45, 7) is 4.69. The summed E-state index contributed by atoms with van der Waals surface area (Å²) in [4.78, 5) is 24.3. The van der Waals surface area contributed by atoms with Crippen LogP contribution in [0.25, 0.3) is 0 Å². The van der Waals surface area contributed by atoms with Gasteiger partial charge in [0.2, 0.25) is 0 Å². The van der Waals surface area contributed by atoms with Crippen molar-refractivity contribution in [2.75, 3.05) is 6.61 Å². The molecule has 0 rings (SSSR count). The summed E-state index contributed by atoms with van der Waals surface area (Å²) >= 11 is 0. The molecule has 0 aliphatic rings. The van der Waals surface area contributed by atoms with Gasteiger partial charge in [0, 0.05) is 12.5 Å². The summed E-state index contributed by atoms with van der Waals surface area (Å²) < 4.78 is 10.9. The zero-order valence-electron chi connectivity index (χ0n) is 29.7. The van der Waals surface area contributed by atoms with Crippen LogP contribution in [0.1, 0.15) is 194 Å². The smallest absolute Gasteiger partial charge is 0.331 e. The second kappa shape index (κ2) is 36.0. The lowest BCUT2D eigenvalue weighted by atomic mass is 10.00. The summed E-state index contributed by atoms with van der Waals surface area (Å²) in [7, 11) is 1.94. The van der Waals surface area contributed by atoms with Gasteiger partial charge in [-0.25, -0.2) is 4.79 Å². The van der Waals surface area contributed by atoms with E-state index in [1.54, 1.807) is 6.08 Å². The molecular weight excluding hydrogens is 543 g/mol. The average Bonchev–Trinajstić information content (AvgIpc) is 3.02. The van der Waals surface area contributed by atoms with Crippen LogP contribution in [0.5, 0.6) is 0 Å². The molecule has 4 nitrogen and oxygen atoms in total. The van der Waals surface area contributed by atoms with Gasteiger partial charge in [0.1, 0.15) is 20.6 Å². The van der Waals surface area contributed by atoms with Crippen LogP contribution in [0, 0.1) is 0 Å². The maximum absolute atomic E-state index is 12.1. The van der Waals surface area contributed by atoms with E-state index >= 15 is 0 Å². The van der Waals surface area contributed by atoms with Crippen LogP contribution in [0.15, 0.2) is 24.3 Å². The van der Waals surface area contributed by atoms with Gasteiger partial charge in [0.05, 0.1) is 0 Å². The predicted octanol–water partition coefficient (Wildman–Crippen LogP) is 11.6. The van der Waals surface area contributed by atoms with E-state index in [0.29, 0.717) is 12.7 Å². The lowest BCUT2D eigenvalue weighted by Gasteiger charge is -2.15.